The van der Waals surface area contributed by atoms with E-state index in [-0.39, 0.29) is 17.5 Å². The summed E-state index contributed by atoms with van der Waals surface area (Å²) >= 11 is 0. The van der Waals surface area contributed by atoms with Crippen LogP contribution in [0.5, 0.6) is 11.6 Å². The summed E-state index contributed by atoms with van der Waals surface area (Å²) in [6, 6.07) is 15.1. The van der Waals surface area contributed by atoms with Crippen molar-refractivity contribution >= 4 is 16.8 Å². The molecule has 12 heteroatoms. The van der Waals surface area contributed by atoms with Gasteiger partial charge in [-0.2, -0.15) is 4.39 Å². The summed E-state index contributed by atoms with van der Waals surface area (Å²) < 4.78 is 61.4. The zero-order valence-electron chi connectivity index (χ0n) is 20.7. The highest BCUT2D eigenvalue weighted by Gasteiger charge is 2.24. The van der Waals surface area contributed by atoms with Crippen LogP contribution in [0.3, 0.4) is 0 Å². The molecule has 1 aliphatic heterocycles. The number of pyridine rings is 1. The third kappa shape index (κ3) is 6.36. The maximum atomic E-state index is 15.3. The second kappa shape index (κ2) is 12.2. The number of nitrogens with zero attached hydrogens (tertiary/aromatic N) is 3. The fourth-order valence-corrected chi connectivity index (χ4v) is 4.92. The second-order valence-corrected chi connectivity index (χ2v) is 9.68. The molecule has 202 valence electrons. The van der Waals surface area contributed by atoms with E-state index in [1.807, 2.05) is 0 Å². The minimum Gasteiger partial charge on any atom is -0.435 e. The predicted octanol–water partition coefficient (Wildman–Crippen LogP) is 3.98. The molecular weight excluding hydrogens is 526 g/mol. The Hall–Kier alpha value is -4.00. The summed E-state index contributed by atoms with van der Waals surface area (Å²) in [5, 5.41) is 6.65. The average Bonchev–Trinajstić information content (AvgIpc) is 2.96. The van der Waals surface area contributed by atoms with Crippen LogP contribution in [-0.4, -0.2) is 42.5 Å². The number of benzene rings is 2. The van der Waals surface area contributed by atoms with Crippen LogP contribution in [0.4, 0.5) is 14.7 Å². The lowest BCUT2D eigenvalue weighted by Crippen LogP contribution is -2.35. The van der Waals surface area contributed by atoms with E-state index in [2.05, 4.69) is 30.3 Å². The molecule has 4 aromatic rings. The first-order chi connectivity index (χ1) is 19.0. The SMILES string of the molecule is O=[SH](=O)NC(c1ccccc1)c1ccc(Oc2ncccc2-c2ccnc(NC3CCNCC3)n2)c(F)c1F. The lowest BCUT2D eigenvalue weighted by Gasteiger charge is -2.23. The highest BCUT2D eigenvalue weighted by molar-refractivity contribution is 7.70. The van der Waals surface area contributed by atoms with Crippen LogP contribution in [0.1, 0.15) is 30.0 Å². The standard InChI is InChI=1S/C27H26F2N6O3S/c28-23-20(25(35-39(36)37)17-5-2-1-3-6-17)8-9-22(24(23)29)38-26-19(7-4-13-31-26)21-12-16-32-27(34-21)33-18-10-14-30-15-11-18/h1-9,12-13,16,18,25,30,39H,10-11,14-15H2,(H,32,33,34)(H,35,36,37). The highest BCUT2D eigenvalue weighted by atomic mass is 32.2. The molecular formula is C27H26F2N6O3S. The van der Waals surface area contributed by atoms with E-state index >= 15 is 8.78 Å². The van der Waals surface area contributed by atoms with Crippen LogP contribution < -0.4 is 20.1 Å². The van der Waals surface area contributed by atoms with E-state index < -0.39 is 34.3 Å². The van der Waals surface area contributed by atoms with Crippen molar-refractivity contribution in [1.82, 2.24) is 25.0 Å². The normalized spacial score (nSPS) is 14.7. The molecule has 0 spiro atoms. The van der Waals surface area contributed by atoms with Gasteiger partial charge in [-0.25, -0.2) is 32.5 Å². The number of aromatic nitrogens is 3. The Bertz CT molecular complexity index is 1510. The maximum Gasteiger partial charge on any atom is 0.228 e. The molecule has 0 aliphatic carbocycles. The van der Waals surface area contributed by atoms with Crippen LogP contribution in [0.15, 0.2) is 73.1 Å². The number of halogens is 2. The number of rotatable bonds is 9. The van der Waals surface area contributed by atoms with Gasteiger partial charge >= 0.3 is 0 Å². The van der Waals surface area contributed by atoms with Gasteiger partial charge in [-0.05, 0) is 55.8 Å². The van der Waals surface area contributed by atoms with Gasteiger partial charge in [0, 0.05) is 24.0 Å². The van der Waals surface area contributed by atoms with E-state index in [4.69, 9.17) is 4.74 Å². The van der Waals surface area contributed by atoms with Gasteiger partial charge in [-0.3, -0.25) is 0 Å². The second-order valence-electron chi connectivity index (χ2n) is 8.90. The fraction of sp³-hybridized carbons (Fsp3) is 0.222. The van der Waals surface area contributed by atoms with Crippen molar-refractivity contribution < 1.29 is 21.9 Å². The molecule has 0 bridgehead atoms. The molecule has 1 unspecified atom stereocenters. The largest absolute Gasteiger partial charge is 0.435 e. The van der Waals surface area contributed by atoms with Gasteiger partial charge in [0.2, 0.25) is 28.5 Å². The number of thiol groups is 1. The van der Waals surface area contributed by atoms with E-state index in [0.29, 0.717) is 22.8 Å². The minimum atomic E-state index is -3.10. The molecule has 1 saturated heterocycles. The average molecular weight is 553 g/mol. The van der Waals surface area contributed by atoms with Gasteiger partial charge in [-0.15, -0.1) is 0 Å². The first kappa shape index (κ1) is 26.6. The van der Waals surface area contributed by atoms with Gasteiger partial charge in [-0.1, -0.05) is 36.4 Å². The summed E-state index contributed by atoms with van der Waals surface area (Å²) in [4.78, 5) is 13.1. The molecule has 2 aromatic heterocycles. The van der Waals surface area contributed by atoms with Crippen molar-refractivity contribution in [3.05, 3.63) is 95.8 Å². The summed E-state index contributed by atoms with van der Waals surface area (Å²) in [7, 11) is -3.10. The van der Waals surface area contributed by atoms with Crippen molar-refractivity contribution in [2.45, 2.75) is 24.9 Å². The molecule has 3 heterocycles. The molecule has 5 rings (SSSR count). The molecule has 1 atom stereocenters. The molecule has 0 radical (unpaired) electrons. The predicted molar refractivity (Wildman–Crippen MR) is 143 cm³/mol. The Morgan fingerprint density at radius 1 is 0.923 bits per heavy atom. The van der Waals surface area contributed by atoms with Gasteiger partial charge in [0.1, 0.15) is 0 Å². The van der Waals surface area contributed by atoms with Gasteiger partial charge in [0.05, 0.1) is 17.3 Å². The Morgan fingerprint density at radius 2 is 1.72 bits per heavy atom. The molecule has 0 amide bonds. The summed E-state index contributed by atoms with van der Waals surface area (Å²) in [6.07, 6.45) is 4.97. The third-order valence-corrected chi connectivity index (χ3v) is 6.81. The number of anilines is 1. The lowest BCUT2D eigenvalue weighted by atomic mass is 9.99. The first-order valence-corrected chi connectivity index (χ1v) is 13.5. The van der Waals surface area contributed by atoms with Crippen molar-refractivity contribution in [1.29, 1.82) is 0 Å². The van der Waals surface area contributed by atoms with Crippen LogP contribution >= 0.6 is 0 Å². The summed E-state index contributed by atoms with van der Waals surface area (Å²) in [5.41, 5.74) is 1.23. The number of piperidine rings is 1. The van der Waals surface area contributed by atoms with Gasteiger partial charge < -0.3 is 15.4 Å². The van der Waals surface area contributed by atoms with E-state index in [9.17, 15) is 8.42 Å². The fourth-order valence-electron chi connectivity index (χ4n) is 4.42. The van der Waals surface area contributed by atoms with Crippen LogP contribution in [0.2, 0.25) is 0 Å². The summed E-state index contributed by atoms with van der Waals surface area (Å²) in [5.74, 6) is -2.44. The Balaban J connectivity index is 1.43. The summed E-state index contributed by atoms with van der Waals surface area (Å²) in [6.45, 7) is 1.83. The van der Waals surface area contributed by atoms with Crippen molar-refractivity contribution in [3.8, 4) is 22.9 Å². The smallest absolute Gasteiger partial charge is 0.228 e. The topological polar surface area (TPSA) is 118 Å². The van der Waals surface area contributed by atoms with Crippen molar-refractivity contribution in [2.75, 3.05) is 18.4 Å². The van der Waals surface area contributed by atoms with E-state index in [1.54, 1.807) is 54.7 Å². The number of nitrogens with one attached hydrogen (secondary N) is 3. The van der Waals surface area contributed by atoms with E-state index in [0.717, 1.165) is 25.9 Å². The Kier molecular flexibility index (Phi) is 8.35. The van der Waals surface area contributed by atoms with Crippen LogP contribution in [0.25, 0.3) is 11.3 Å². The first-order valence-electron chi connectivity index (χ1n) is 12.4. The quantitative estimate of drug-likeness (QED) is 0.231. The molecule has 9 nitrogen and oxygen atoms in total. The Labute approximate surface area is 225 Å². The Morgan fingerprint density at radius 3 is 2.49 bits per heavy atom. The van der Waals surface area contributed by atoms with Gasteiger partial charge in [0.25, 0.3) is 0 Å². The van der Waals surface area contributed by atoms with Crippen molar-refractivity contribution in [3.63, 3.8) is 0 Å². The van der Waals surface area contributed by atoms with Crippen molar-refractivity contribution in [2.24, 2.45) is 0 Å². The molecule has 39 heavy (non-hydrogen) atoms. The highest BCUT2D eigenvalue weighted by Crippen LogP contribution is 2.35. The van der Waals surface area contributed by atoms with E-state index in [1.165, 1.54) is 18.3 Å². The number of ether oxygens (including phenoxy) is 1. The van der Waals surface area contributed by atoms with Gasteiger partial charge in [0.15, 0.2) is 11.6 Å². The zero-order chi connectivity index (χ0) is 27.2. The lowest BCUT2D eigenvalue weighted by molar-refractivity contribution is 0.402. The van der Waals surface area contributed by atoms with Crippen LogP contribution in [-0.2, 0) is 10.9 Å². The minimum absolute atomic E-state index is 0.0236. The monoisotopic (exact) mass is 552 g/mol. The molecule has 3 N–H and O–H groups in total. The molecule has 0 saturated carbocycles. The molecule has 2 aromatic carbocycles. The number of hydrogen-bond acceptors (Lipinski definition) is 8. The molecule has 1 fully saturated rings. The maximum absolute atomic E-state index is 15.3. The molecule has 1 aliphatic rings. The van der Waals surface area contributed by atoms with Crippen LogP contribution in [0, 0.1) is 11.6 Å². The number of hydrogen-bond donors (Lipinski definition) is 4. The zero-order valence-corrected chi connectivity index (χ0v) is 21.6. The third-order valence-electron chi connectivity index (χ3n) is 6.34.